The summed E-state index contributed by atoms with van der Waals surface area (Å²) in [7, 11) is 0. The Morgan fingerprint density at radius 1 is 1.16 bits per heavy atom. The minimum atomic E-state index is -0.186. The van der Waals surface area contributed by atoms with Crippen LogP contribution < -0.4 is 5.32 Å². The Morgan fingerprint density at radius 3 is 2.65 bits per heavy atom. The number of benzene rings is 2. The maximum Gasteiger partial charge on any atom is 0.251 e. The molecule has 1 saturated carbocycles. The maximum atomic E-state index is 12.6. The van der Waals surface area contributed by atoms with Crippen molar-refractivity contribution in [2.45, 2.75) is 32.4 Å². The van der Waals surface area contributed by atoms with E-state index in [1.165, 1.54) is 0 Å². The summed E-state index contributed by atoms with van der Waals surface area (Å²) in [6.07, 6.45) is 2.19. The van der Waals surface area contributed by atoms with Gasteiger partial charge in [0.2, 0.25) is 11.8 Å². The van der Waals surface area contributed by atoms with E-state index in [1.807, 2.05) is 35.8 Å². The van der Waals surface area contributed by atoms with Crippen molar-refractivity contribution in [2.75, 3.05) is 0 Å². The van der Waals surface area contributed by atoms with E-state index >= 15 is 0 Å². The van der Waals surface area contributed by atoms with Crippen molar-refractivity contribution in [3.8, 4) is 22.9 Å². The van der Waals surface area contributed by atoms with Gasteiger partial charge in [-0.15, -0.1) is 10.2 Å². The number of H-pyrrole nitrogens is 1. The van der Waals surface area contributed by atoms with Crippen molar-refractivity contribution in [3.63, 3.8) is 0 Å². The number of rotatable bonds is 6. The van der Waals surface area contributed by atoms with Crippen LogP contribution in [0.15, 0.2) is 52.9 Å². The lowest BCUT2D eigenvalue weighted by atomic mass is 10.1. The third-order valence-electron chi connectivity index (χ3n) is 5.29. The van der Waals surface area contributed by atoms with Gasteiger partial charge in [-0.1, -0.05) is 18.2 Å². The second kappa shape index (κ2) is 7.92. The van der Waals surface area contributed by atoms with Crippen LogP contribution in [-0.4, -0.2) is 30.9 Å². The maximum absolute atomic E-state index is 12.6. The number of carbonyl (C=O) groups excluding carboxylic acids is 1. The molecule has 1 aliphatic carbocycles. The SMILES string of the molecule is Cc1ccccc1-c1nnc(-c2ccc(C(=O)NCc3n[nH]c(=S)n3C3CC3)cc2)o1. The van der Waals surface area contributed by atoms with Gasteiger partial charge in [-0.2, -0.15) is 5.10 Å². The highest BCUT2D eigenvalue weighted by molar-refractivity contribution is 7.71. The summed E-state index contributed by atoms with van der Waals surface area (Å²) < 4.78 is 8.42. The number of nitrogens with one attached hydrogen (secondary N) is 2. The number of nitrogens with zero attached hydrogens (tertiary/aromatic N) is 4. The minimum absolute atomic E-state index is 0.186. The summed E-state index contributed by atoms with van der Waals surface area (Å²) in [4.78, 5) is 12.6. The topological polar surface area (TPSA) is 102 Å². The standard InChI is InChI=1S/C22H20N6O2S/c1-13-4-2-3-5-17(13)21-26-25-20(30-21)15-8-6-14(7-9-15)19(29)23-12-18-24-27-22(31)28(18)16-10-11-16/h2-9,16H,10-12H2,1H3,(H,23,29)(H,27,31). The van der Waals surface area contributed by atoms with Crippen molar-refractivity contribution in [1.29, 1.82) is 0 Å². The largest absolute Gasteiger partial charge is 0.416 e. The first kappa shape index (κ1) is 19.4. The van der Waals surface area contributed by atoms with Gasteiger partial charge in [-0.3, -0.25) is 14.5 Å². The quantitative estimate of drug-likeness (QED) is 0.442. The molecule has 0 radical (unpaired) electrons. The summed E-state index contributed by atoms with van der Waals surface area (Å²) in [5.41, 5.74) is 3.25. The van der Waals surface area contributed by atoms with Crippen LogP contribution in [0.3, 0.4) is 0 Å². The van der Waals surface area contributed by atoms with Gasteiger partial charge < -0.3 is 9.73 Å². The molecule has 2 N–H and O–H groups in total. The van der Waals surface area contributed by atoms with Crippen LogP contribution in [0, 0.1) is 11.7 Å². The highest BCUT2D eigenvalue weighted by atomic mass is 32.1. The Morgan fingerprint density at radius 2 is 1.90 bits per heavy atom. The lowest BCUT2D eigenvalue weighted by Crippen LogP contribution is -2.24. The molecule has 0 bridgehead atoms. The van der Waals surface area contributed by atoms with Gasteiger partial charge in [-0.05, 0) is 67.9 Å². The second-order valence-corrected chi connectivity index (χ2v) is 7.92. The van der Waals surface area contributed by atoms with E-state index in [1.54, 1.807) is 24.3 Å². The number of hydrogen-bond donors (Lipinski definition) is 2. The van der Waals surface area contributed by atoms with Gasteiger partial charge in [0.05, 0.1) is 6.54 Å². The average molecular weight is 433 g/mol. The Hall–Kier alpha value is -3.59. The third-order valence-corrected chi connectivity index (χ3v) is 5.58. The molecule has 9 heteroatoms. The third kappa shape index (κ3) is 3.91. The second-order valence-electron chi connectivity index (χ2n) is 7.53. The zero-order valence-electron chi connectivity index (χ0n) is 16.8. The molecule has 2 aromatic heterocycles. The lowest BCUT2D eigenvalue weighted by molar-refractivity contribution is 0.0949. The van der Waals surface area contributed by atoms with Crippen LogP contribution in [0.25, 0.3) is 22.9 Å². The summed E-state index contributed by atoms with van der Waals surface area (Å²) in [5.74, 6) is 1.44. The van der Waals surface area contributed by atoms with Gasteiger partial charge >= 0.3 is 0 Å². The van der Waals surface area contributed by atoms with Gasteiger partial charge in [0, 0.05) is 22.7 Å². The van der Waals surface area contributed by atoms with Crippen LogP contribution >= 0.6 is 12.2 Å². The molecule has 156 valence electrons. The first-order valence-corrected chi connectivity index (χ1v) is 10.4. The van der Waals surface area contributed by atoms with Crippen molar-refractivity contribution in [3.05, 3.63) is 70.3 Å². The molecule has 0 atom stereocenters. The molecule has 5 rings (SSSR count). The fraction of sp³-hybridized carbons (Fsp3) is 0.227. The van der Waals surface area contributed by atoms with E-state index in [2.05, 4.69) is 25.7 Å². The molecule has 2 heterocycles. The number of hydrogen-bond acceptors (Lipinski definition) is 6. The van der Waals surface area contributed by atoms with E-state index < -0.39 is 0 Å². The van der Waals surface area contributed by atoms with Gasteiger partial charge in [0.15, 0.2) is 10.6 Å². The minimum Gasteiger partial charge on any atom is -0.416 e. The average Bonchev–Trinajstić information content (AvgIpc) is 3.37. The van der Waals surface area contributed by atoms with E-state index in [0.717, 1.165) is 35.4 Å². The van der Waals surface area contributed by atoms with Gasteiger partial charge in [0.25, 0.3) is 5.91 Å². The molecular weight excluding hydrogens is 412 g/mol. The van der Waals surface area contributed by atoms with Crippen LogP contribution in [0.2, 0.25) is 0 Å². The number of aromatic amines is 1. The van der Waals surface area contributed by atoms with E-state index in [0.29, 0.717) is 34.7 Å². The van der Waals surface area contributed by atoms with Crippen molar-refractivity contribution in [1.82, 2.24) is 30.3 Å². The summed E-state index contributed by atoms with van der Waals surface area (Å²) >= 11 is 5.28. The fourth-order valence-electron chi connectivity index (χ4n) is 3.46. The smallest absolute Gasteiger partial charge is 0.251 e. The monoisotopic (exact) mass is 432 g/mol. The molecule has 8 nitrogen and oxygen atoms in total. The Labute approximate surface area is 183 Å². The number of carbonyl (C=O) groups is 1. The predicted octanol–water partition coefficient (Wildman–Crippen LogP) is 4.23. The highest BCUT2D eigenvalue weighted by Gasteiger charge is 2.27. The Balaban J connectivity index is 1.28. The number of aryl methyl sites for hydroxylation is 1. The molecule has 1 aliphatic rings. The molecule has 0 aliphatic heterocycles. The van der Waals surface area contributed by atoms with Crippen LogP contribution in [0.1, 0.15) is 40.6 Å². The van der Waals surface area contributed by atoms with E-state index in [9.17, 15) is 4.79 Å². The molecule has 0 unspecified atom stereocenters. The summed E-state index contributed by atoms with van der Waals surface area (Å²) in [5, 5.41) is 18.2. The lowest BCUT2D eigenvalue weighted by Gasteiger charge is -2.07. The van der Waals surface area contributed by atoms with E-state index in [4.69, 9.17) is 16.6 Å². The predicted molar refractivity (Wildman–Crippen MR) is 117 cm³/mol. The van der Waals surface area contributed by atoms with Crippen LogP contribution in [0.5, 0.6) is 0 Å². The van der Waals surface area contributed by atoms with Crippen molar-refractivity contribution in [2.24, 2.45) is 0 Å². The van der Waals surface area contributed by atoms with Gasteiger partial charge in [0.1, 0.15) is 0 Å². The van der Waals surface area contributed by atoms with Gasteiger partial charge in [-0.25, -0.2) is 0 Å². The molecular formula is C22H20N6O2S. The molecule has 4 aromatic rings. The number of aromatic nitrogens is 5. The summed E-state index contributed by atoms with van der Waals surface area (Å²) in [6.45, 7) is 2.31. The summed E-state index contributed by atoms with van der Waals surface area (Å²) in [6, 6.07) is 15.3. The first-order chi connectivity index (χ1) is 15.1. The van der Waals surface area contributed by atoms with Crippen molar-refractivity contribution >= 4 is 18.1 Å². The molecule has 0 spiro atoms. The number of amides is 1. The molecule has 31 heavy (non-hydrogen) atoms. The first-order valence-electron chi connectivity index (χ1n) is 10.0. The Bertz CT molecular complexity index is 1300. The zero-order valence-corrected chi connectivity index (χ0v) is 17.6. The fourth-order valence-corrected chi connectivity index (χ4v) is 3.76. The van der Waals surface area contributed by atoms with Crippen LogP contribution in [-0.2, 0) is 6.54 Å². The molecule has 0 saturated heterocycles. The van der Waals surface area contributed by atoms with E-state index in [-0.39, 0.29) is 5.91 Å². The van der Waals surface area contributed by atoms with Crippen molar-refractivity contribution < 1.29 is 9.21 Å². The highest BCUT2D eigenvalue weighted by Crippen LogP contribution is 2.35. The Kier molecular flexibility index (Phi) is 4.95. The molecule has 1 fully saturated rings. The van der Waals surface area contributed by atoms with Crippen LogP contribution in [0.4, 0.5) is 0 Å². The molecule has 2 aromatic carbocycles. The molecule has 1 amide bonds. The zero-order chi connectivity index (χ0) is 21.4. The normalized spacial score (nSPS) is 13.3.